The fourth-order valence-corrected chi connectivity index (χ4v) is 0.929. The molecule has 0 amide bonds. The van der Waals surface area contributed by atoms with Crippen LogP contribution in [0.2, 0.25) is 0 Å². The number of aryl methyl sites for hydroxylation is 1. The number of allylic oxidation sites excluding steroid dienone is 2. The second-order valence-corrected chi connectivity index (χ2v) is 3.38. The molecule has 2 heteroatoms. The molecule has 2 nitrogen and oxygen atoms in total. The molecule has 0 saturated heterocycles. The normalized spacial score (nSPS) is 11.4. The van der Waals surface area contributed by atoms with Gasteiger partial charge in [-0.2, -0.15) is 0 Å². The van der Waals surface area contributed by atoms with Crippen LogP contribution in [0.4, 0.5) is 0 Å². The Balaban J connectivity index is 2.69. The van der Waals surface area contributed by atoms with Gasteiger partial charge in [0.1, 0.15) is 5.76 Å². The maximum Gasteiger partial charge on any atom is 0.220 e. The first-order chi connectivity index (χ1) is 6.09. The highest BCUT2D eigenvalue weighted by atomic mass is 16.3. The van der Waals surface area contributed by atoms with E-state index >= 15 is 0 Å². The molecule has 0 atom stereocenters. The molecule has 0 aliphatic heterocycles. The van der Waals surface area contributed by atoms with E-state index < -0.39 is 0 Å². The molecule has 70 valence electrons. The summed E-state index contributed by atoms with van der Waals surface area (Å²) in [5.41, 5.74) is 0. The van der Waals surface area contributed by atoms with Crippen molar-refractivity contribution in [1.82, 2.24) is 0 Å². The molecule has 0 unspecified atom stereocenters. The van der Waals surface area contributed by atoms with Crippen LogP contribution in [0.5, 0.6) is 0 Å². The van der Waals surface area contributed by atoms with Gasteiger partial charge in [-0.25, -0.2) is 0 Å². The number of ketones is 1. The number of rotatable bonds is 3. The fourth-order valence-electron chi connectivity index (χ4n) is 0.929. The van der Waals surface area contributed by atoms with Crippen molar-refractivity contribution in [2.75, 3.05) is 0 Å². The molecule has 0 radical (unpaired) electrons. The number of carbonyl (C=O) groups is 1. The Morgan fingerprint density at radius 2 is 2.15 bits per heavy atom. The predicted octanol–water partition coefficient (Wildman–Crippen LogP) is 2.98. The molecule has 1 rings (SSSR count). The summed E-state index contributed by atoms with van der Waals surface area (Å²) >= 11 is 0. The highest BCUT2D eigenvalue weighted by Crippen LogP contribution is 2.08. The van der Waals surface area contributed by atoms with Crippen molar-refractivity contribution in [3.05, 3.63) is 35.8 Å². The molecule has 0 saturated carbocycles. The monoisotopic (exact) mass is 178 g/mol. The van der Waals surface area contributed by atoms with Gasteiger partial charge in [-0.05, 0) is 31.1 Å². The lowest BCUT2D eigenvalue weighted by Crippen LogP contribution is -1.92. The minimum atomic E-state index is -0.0678. The van der Waals surface area contributed by atoms with Crippen molar-refractivity contribution < 1.29 is 9.21 Å². The van der Waals surface area contributed by atoms with Gasteiger partial charge in [0.25, 0.3) is 0 Å². The van der Waals surface area contributed by atoms with E-state index in [0.29, 0.717) is 11.7 Å². The zero-order chi connectivity index (χ0) is 9.84. The summed E-state index contributed by atoms with van der Waals surface area (Å²) in [6.07, 6.45) is 3.42. The second-order valence-electron chi connectivity index (χ2n) is 3.38. The highest BCUT2D eigenvalue weighted by molar-refractivity contribution is 6.02. The van der Waals surface area contributed by atoms with Crippen molar-refractivity contribution in [3.63, 3.8) is 0 Å². The van der Waals surface area contributed by atoms with Gasteiger partial charge in [-0.1, -0.05) is 19.9 Å². The van der Waals surface area contributed by atoms with Gasteiger partial charge in [-0.3, -0.25) is 4.79 Å². The second kappa shape index (κ2) is 4.08. The summed E-state index contributed by atoms with van der Waals surface area (Å²) in [6, 6.07) is 3.48. The van der Waals surface area contributed by atoms with Gasteiger partial charge in [-0.15, -0.1) is 0 Å². The minimum Gasteiger partial charge on any atom is -0.458 e. The number of hydrogen-bond donors (Lipinski definition) is 0. The molecule has 0 aromatic carbocycles. The van der Waals surface area contributed by atoms with Crippen molar-refractivity contribution >= 4 is 5.78 Å². The first-order valence-electron chi connectivity index (χ1n) is 4.38. The summed E-state index contributed by atoms with van der Waals surface area (Å²) in [6.45, 7) is 5.87. The minimum absolute atomic E-state index is 0.0678. The van der Waals surface area contributed by atoms with E-state index in [1.807, 2.05) is 26.8 Å². The third-order valence-electron chi connectivity index (χ3n) is 1.62. The summed E-state index contributed by atoms with van der Waals surface area (Å²) in [7, 11) is 0. The van der Waals surface area contributed by atoms with Crippen LogP contribution in [0.1, 0.15) is 30.2 Å². The molecular weight excluding hydrogens is 164 g/mol. The quantitative estimate of drug-likeness (QED) is 0.526. The zero-order valence-electron chi connectivity index (χ0n) is 8.20. The average molecular weight is 178 g/mol. The van der Waals surface area contributed by atoms with E-state index in [0.717, 1.165) is 5.76 Å². The molecule has 1 aromatic heterocycles. The van der Waals surface area contributed by atoms with Crippen LogP contribution in [0, 0.1) is 12.8 Å². The number of furan rings is 1. The van der Waals surface area contributed by atoms with Gasteiger partial charge >= 0.3 is 0 Å². The Morgan fingerprint density at radius 3 is 2.62 bits per heavy atom. The Morgan fingerprint density at radius 1 is 1.46 bits per heavy atom. The van der Waals surface area contributed by atoms with Gasteiger partial charge in [0, 0.05) is 0 Å². The standard InChI is InChI=1S/C11H14O2/c1-8(2)4-6-10(12)11-7-5-9(3)13-11/h4-8H,1-3H3/b6-4+. The van der Waals surface area contributed by atoms with Crippen molar-refractivity contribution in [3.8, 4) is 0 Å². The average Bonchev–Trinajstić information content (AvgIpc) is 2.47. The third-order valence-corrected chi connectivity index (χ3v) is 1.62. The van der Waals surface area contributed by atoms with E-state index in [2.05, 4.69) is 0 Å². The maximum atomic E-state index is 11.4. The molecule has 0 aliphatic rings. The Kier molecular flexibility index (Phi) is 3.07. The fraction of sp³-hybridized carbons (Fsp3) is 0.364. The first-order valence-corrected chi connectivity index (χ1v) is 4.38. The lowest BCUT2D eigenvalue weighted by molar-refractivity contribution is 0.102. The van der Waals surface area contributed by atoms with Crippen LogP contribution in [-0.4, -0.2) is 5.78 Å². The topological polar surface area (TPSA) is 30.2 Å². The first kappa shape index (κ1) is 9.78. The molecule has 0 spiro atoms. The Labute approximate surface area is 78.3 Å². The Bertz CT molecular complexity index is 319. The van der Waals surface area contributed by atoms with Crippen molar-refractivity contribution in [2.24, 2.45) is 5.92 Å². The number of hydrogen-bond acceptors (Lipinski definition) is 2. The molecule has 1 heterocycles. The van der Waals surface area contributed by atoms with E-state index in [4.69, 9.17) is 4.42 Å². The number of carbonyl (C=O) groups excluding carboxylic acids is 1. The van der Waals surface area contributed by atoms with E-state index in [1.165, 1.54) is 0 Å². The van der Waals surface area contributed by atoms with Gasteiger partial charge in [0.05, 0.1) is 0 Å². The van der Waals surface area contributed by atoms with Crippen LogP contribution >= 0.6 is 0 Å². The molecule has 0 bridgehead atoms. The molecule has 0 fully saturated rings. The molecular formula is C11H14O2. The lowest BCUT2D eigenvalue weighted by atomic mass is 10.2. The molecule has 1 aromatic rings. The van der Waals surface area contributed by atoms with E-state index in [-0.39, 0.29) is 5.78 Å². The summed E-state index contributed by atoms with van der Waals surface area (Å²) < 4.78 is 5.18. The van der Waals surface area contributed by atoms with Crippen molar-refractivity contribution in [2.45, 2.75) is 20.8 Å². The predicted molar refractivity (Wildman–Crippen MR) is 51.8 cm³/mol. The summed E-state index contributed by atoms with van der Waals surface area (Å²) in [5, 5.41) is 0. The summed E-state index contributed by atoms with van der Waals surface area (Å²) in [5.74, 6) is 1.50. The highest BCUT2D eigenvalue weighted by Gasteiger charge is 2.05. The maximum absolute atomic E-state index is 11.4. The van der Waals surface area contributed by atoms with Gasteiger partial charge in [0.2, 0.25) is 5.78 Å². The van der Waals surface area contributed by atoms with E-state index in [9.17, 15) is 4.79 Å². The smallest absolute Gasteiger partial charge is 0.220 e. The SMILES string of the molecule is Cc1ccc(C(=O)/C=C/C(C)C)o1. The van der Waals surface area contributed by atoms with Crippen LogP contribution in [0.25, 0.3) is 0 Å². The van der Waals surface area contributed by atoms with Crippen LogP contribution in [0.15, 0.2) is 28.7 Å². The van der Waals surface area contributed by atoms with Crippen LogP contribution in [-0.2, 0) is 0 Å². The van der Waals surface area contributed by atoms with Crippen LogP contribution in [0.3, 0.4) is 0 Å². The van der Waals surface area contributed by atoms with Crippen LogP contribution < -0.4 is 0 Å². The largest absolute Gasteiger partial charge is 0.458 e. The van der Waals surface area contributed by atoms with Gasteiger partial charge in [0.15, 0.2) is 5.76 Å². The summed E-state index contributed by atoms with van der Waals surface area (Å²) in [4.78, 5) is 11.4. The third kappa shape index (κ3) is 2.90. The van der Waals surface area contributed by atoms with E-state index in [1.54, 1.807) is 18.2 Å². The molecule has 13 heavy (non-hydrogen) atoms. The van der Waals surface area contributed by atoms with Crippen molar-refractivity contribution in [1.29, 1.82) is 0 Å². The molecule has 0 N–H and O–H groups in total. The Hall–Kier alpha value is -1.31. The zero-order valence-corrected chi connectivity index (χ0v) is 8.20. The lowest BCUT2D eigenvalue weighted by Gasteiger charge is -1.92. The van der Waals surface area contributed by atoms with Gasteiger partial charge < -0.3 is 4.42 Å². The molecule has 0 aliphatic carbocycles.